The van der Waals surface area contributed by atoms with Gasteiger partial charge >= 0.3 is 0 Å². The van der Waals surface area contributed by atoms with Crippen LogP contribution in [-0.2, 0) is 10.2 Å². The highest BCUT2D eigenvalue weighted by molar-refractivity contribution is 6.30. The van der Waals surface area contributed by atoms with Crippen molar-refractivity contribution in [2.24, 2.45) is 0 Å². The van der Waals surface area contributed by atoms with E-state index in [0.717, 1.165) is 5.56 Å². The molecule has 0 aliphatic heterocycles. The van der Waals surface area contributed by atoms with Crippen molar-refractivity contribution in [3.05, 3.63) is 34.9 Å². The number of halogens is 1. The van der Waals surface area contributed by atoms with E-state index in [0.29, 0.717) is 11.6 Å². The molecule has 3 nitrogen and oxygen atoms in total. The van der Waals surface area contributed by atoms with Gasteiger partial charge in [0.05, 0.1) is 0 Å². The first-order valence-corrected chi connectivity index (χ1v) is 5.92. The Hall–Kier alpha value is -1.06. The summed E-state index contributed by atoms with van der Waals surface area (Å²) in [6, 6.07) is 7.54. The highest BCUT2D eigenvalue weighted by Crippen LogP contribution is 2.23. The minimum absolute atomic E-state index is 0.199. The molecule has 1 aromatic carbocycles. The molecule has 0 radical (unpaired) electrons. The number of aliphatic hydroxyl groups excluding tert-OH is 1. The Bertz CT molecular complexity index is 385. The van der Waals surface area contributed by atoms with E-state index < -0.39 is 6.10 Å². The van der Waals surface area contributed by atoms with Crippen LogP contribution in [0.1, 0.15) is 26.3 Å². The second kappa shape index (κ2) is 5.52. The first-order chi connectivity index (χ1) is 7.83. The number of hydrogen-bond acceptors (Lipinski definition) is 2. The van der Waals surface area contributed by atoms with Gasteiger partial charge in [0.25, 0.3) is 0 Å². The second-order valence-electron chi connectivity index (χ2n) is 4.78. The predicted molar refractivity (Wildman–Crippen MR) is 69.2 cm³/mol. The maximum Gasteiger partial charge on any atom is 0.248 e. The van der Waals surface area contributed by atoms with Gasteiger partial charge in [0, 0.05) is 17.0 Å². The summed E-state index contributed by atoms with van der Waals surface area (Å²) in [5, 5.41) is 12.5. The normalized spacial score (nSPS) is 13.2. The number of hydrogen-bond donors (Lipinski definition) is 2. The summed E-state index contributed by atoms with van der Waals surface area (Å²) < 4.78 is 0. The first-order valence-electron chi connectivity index (χ1n) is 5.55. The van der Waals surface area contributed by atoms with Crippen LogP contribution in [0.15, 0.2) is 24.3 Å². The van der Waals surface area contributed by atoms with Crippen LogP contribution in [0.3, 0.4) is 0 Å². The molecular formula is C13H18ClNO2. The molecule has 2 N–H and O–H groups in total. The molecule has 4 heteroatoms. The van der Waals surface area contributed by atoms with E-state index in [1.54, 1.807) is 0 Å². The second-order valence-corrected chi connectivity index (χ2v) is 5.22. The summed E-state index contributed by atoms with van der Waals surface area (Å²) >= 11 is 5.83. The van der Waals surface area contributed by atoms with Crippen LogP contribution in [0, 0.1) is 0 Å². The van der Waals surface area contributed by atoms with Crippen LogP contribution < -0.4 is 5.32 Å². The minimum Gasteiger partial charge on any atom is -0.384 e. The average Bonchev–Trinajstić information content (AvgIpc) is 2.26. The van der Waals surface area contributed by atoms with Gasteiger partial charge in [-0.3, -0.25) is 4.79 Å². The Morgan fingerprint density at radius 1 is 1.41 bits per heavy atom. The SMILES string of the molecule is CC(O)C(=O)NCC(C)(C)c1ccc(Cl)cc1. The van der Waals surface area contributed by atoms with Crippen molar-refractivity contribution < 1.29 is 9.90 Å². The monoisotopic (exact) mass is 255 g/mol. The fourth-order valence-electron chi connectivity index (χ4n) is 1.46. The van der Waals surface area contributed by atoms with Gasteiger partial charge in [-0.2, -0.15) is 0 Å². The number of carbonyl (C=O) groups is 1. The Morgan fingerprint density at radius 2 is 1.94 bits per heavy atom. The van der Waals surface area contributed by atoms with E-state index in [2.05, 4.69) is 5.32 Å². The molecular weight excluding hydrogens is 238 g/mol. The van der Waals surface area contributed by atoms with Gasteiger partial charge in [0.2, 0.25) is 5.91 Å². The van der Waals surface area contributed by atoms with Gasteiger partial charge in [-0.05, 0) is 24.6 Å². The molecule has 1 atom stereocenters. The topological polar surface area (TPSA) is 49.3 Å². The molecule has 0 saturated heterocycles. The minimum atomic E-state index is -0.976. The summed E-state index contributed by atoms with van der Waals surface area (Å²) in [7, 11) is 0. The lowest BCUT2D eigenvalue weighted by Crippen LogP contribution is -2.40. The Kier molecular flexibility index (Phi) is 4.54. The third-order valence-corrected chi connectivity index (χ3v) is 2.96. The van der Waals surface area contributed by atoms with Crippen LogP contribution >= 0.6 is 11.6 Å². The summed E-state index contributed by atoms with van der Waals surface area (Å²) in [5.41, 5.74) is 0.891. The zero-order valence-electron chi connectivity index (χ0n) is 10.3. The van der Waals surface area contributed by atoms with Crippen molar-refractivity contribution in [2.45, 2.75) is 32.3 Å². The molecule has 0 aromatic heterocycles. The maximum atomic E-state index is 11.3. The number of nitrogens with one attached hydrogen (secondary N) is 1. The molecule has 0 spiro atoms. The molecule has 0 aliphatic rings. The van der Waals surface area contributed by atoms with Gasteiger partial charge < -0.3 is 10.4 Å². The lowest BCUT2D eigenvalue weighted by atomic mass is 9.84. The van der Waals surface area contributed by atoms with Crippen LogP contribution in [0.4, 0.5) is 0 Å². The van der Waals surface area contributed by atoms with Crippen molar-refractivity contribution in [1.82, 2.24) is 5.32 Å². The van der Waals surface area contributed by atoms with Crippen molar-refractivity contribution in [3.63, 3.8) is 0 Å². The zero-order chi connectivity index (χ0) is 13.1. The molecule has 0 bridgehead atoms. The lowest BCUT2D eigenvalue weighted by Gasteiger charge is -2.26. The molecule has 0 heterocycles. The maximum absolute atomic E-state index is 11.3. The number of amides is 1. The molecule has 0 saturated carbocycles. The van der Waals surface area contributed by atoms with Crippen LogP contribution in [0.2, 0.25) is 5.02 Å². The first kappa shape index (κ1) is 14.0. The van der Waals surface area contributed by atoms with E-state index in [9.17, 15) is 4.79 Å². The number of rotatable bonds is 4. The van der Waals surface area contributed by atoms with Gasteiger partial charge in [0.1, 0.15) is 6.10 Å². The van der Waals surface area contributed by atoms with Gasteiger partial charge in [-0.1, -0.05) is 37.6 Å². The average molecular weight is 256 g/mol. The molecule has 1 rings (SSSR count). The van der Waals surface area contributed by atoms with Crippen LogP contribution in [-0.4, -0.2) is 23.7 Å². The van der Waals surface area contributed by atoms with Crippen molar-refractivity contribution in [2.75, 3.05) is 6.54 Å². The highest BCUT2D eigenvalue weighted by atomic mass is 35.5. The molecule has 1 aromatic rings. The molecule has 94 valence electrons. The molecule has 0 aliphatic carbocycles. The quantitative estimate of drug-likeness (QED) is 0.866. The van der Waals surface area contributed by atoms with Crippen molar-refractivity contribution in [3.8, 4) is 0 Å². The summed E-state index contributed by atoms with van der Waals surface area (Å²) in [4.78, 5) is 11.3. The third kappa shape index (κ3) is 4.02. The van der Waals surface area contributed by atoms with E-state index in [4.69, 9.17) is 16.7 Å². The molecule has 1 amide bonds. The number of benzene rings is 1. The molecule has 0 fully saturated rings. The van der Waals surface area contributed by atoms with E-state index >= 15 is 0 Å². The highest BCUT2D eigenvalue weighted by Gasteiger charge is 2.22. The summed E-state index contributed by atoms with van der Waals surface area (Å²) in [6.45, 7) is 5.97. The van der Waals surface area contributed by atoms with E-state index in [1.807, 2.05) is 38.1 Å². The Morgan fingerprint density at radius 3 is 2.41 bits per heavy atom. The van der Waals surface area contributed by atoms with Gasteiger partial charge in [-0.15, -0.1) is 0 Å². The Labute approximate surface area is 107 Å². The van der Waals surface area contributed by atoms with E-state index in [1.165, 1.54) is 6.92 Å². The Balaban J connectivity index is 2.68. The number of aliphatic hydroxyl groups is 1. The molecule has 17 heavy (non-hydrogen) atoms. The summed E-state index contributed by atoms with van der Waals surface area (Å²) in [6.07, 6.45) is -0.976. The van der Waals surface area contributed by atoms with Crippen LogP contribution in [0.5, 0.6) is 0 Å². The molecule has 1 unspecified atom stereocenters. The fourth-order valence-corrected chi connectivity index (χ4v) is 1.58. The van der Waals surface area contributed by atoms with Gasteiger partial charge in [-0.25, -0.2) is 0 Å². The van der Waals surface area contributed by atoms with Crippen molar-refractivity contribution in [1.29, 1.82) is 0 Å². The lowest BCUT2D eigenvalue weighted by molar-refractivity contribution is -0.128. The van der Waals surface area contributed by atoms with E-state index in [-0.39, 0.29) is 11.3 Å². The van der Waals surface area contributed by atoms with Gasteiger partial charge in [0.15, 0.2) is 0 Å². The van der Waals surface area contributed by atoms with Crippen LogP contribution in [0.25, 0.3) is 0 Å². The van der Waals surface area contributed by atoms with Crippen molar-refractivity contribution >= 4 is 17.5 Å². The third-order valence-electron chi connectivity index (χ3n) is 2.71. The number of carbonyl (C=O) groups excluding carboxylic acids is 1. The standard InChI is InChI=1S/C13H18ClNO2/c1-9(16)12(17)15-8-13(2,3)10-4-6-11(14)7-5-10/h4-7,9,16H,8H2,1-3H3,(H,15,17). The smallest absolute Gasteiger partial charge is 0.248 e. The largest absolute Gasteiger partial charge is 0.384 e. The fraction of sp³-hybridized carbons (Fsp3) is 0.462. The summed E-state index contributed by atoms with van der Waals surface area (Å²) in [5.74, 6) is -0.355. The predicted octanol–water partition coefficient (Wildman–Crippen LogP) is 2.11. The zero-order valence-corrected chi connectivity index (χ0v) is 11.1.